The Morgan fingerprint density at radius 2 is 1.74 bits per heavy atom. The molecule has 2 amide bonds. The highest BCUT2D eigenvalue weighted by Crippen LogP contribution is 2.35. The molecule has 3 unspecified atom stereocenters. The zero-order valence-electron chi connectivity index (χ0n) is 23.2. The number of amides is 2. The molecule has 7 nitrogen and oxygen atoms in total. The first-order chi connectivity index (χ1) is 18.7. The standard InChI is InChI=1S/C32H40N4O3/c1-32(2,3)22-13-15-24(16-14-22)36(31(39)28-17-25(37)19-34-28)29(30(38)35-23-10-5-4-6-11-23)27-20-33-18-21-9-7-8-12-26(21)27/h7-9,12-16,18,20,23,25,28-29,34,37H,4-6,10-11,17,19H2,1-3H3,(H,35,38). The van der Waals surface area contributed by atoms with Crippen LogP contribution in [-0.4, -0.2) is 46.6 Å². The van der Waals surface area contributed by atoms with Crippen LogP contribution >= 0.6 is 0 Å². The van der Waals surface area contributed by atoms with Crippen LogP contribution in [-0.2, 0) is 15.0 Å². The highest BCUT2D eigenvalue weighted by Gasteiger charge is 2.40. The highest BCUT2D eigenvalue weighted by atomic mass is 16.3. The van der Waals surface area contributed by atoms with Gasteiger partial charge in [-0.05, 0) is 47.8 Å². The number of rotatable bonds is 6. The van der Waals surface area contributed by atoms with Crippen LogP contribution in [0.4, 0.5) is 5.69 Å². The minimum Gasteiger partial charge on any atom is -0.392 e. The van der Waals surface area contributed by atoms with E-state index in [0.29, 0.717) is 24.2 Å². The number of aromatic nitrogens is 1. The van der Waals surface area contributed by atoms with E-state index in [4.69, 9.17) is 0 Å². The number of aliphatic hydroxyl groups excluding tert-OH is 1. The van der Waals surface area contributed by atoms with E-state index < -0.39 is 18.2 Å². The smallest absolute Gasteiger partial charge is 0.248 e. The molecule has 2 aliphatic rings. The van der Waals surface area contributed by atoms with E-state index in [2.05, 4.69) is 36.4 Å². The van der Waals surface area contributed by atoms with Crippen molar-refractivity contribution in [3.63, 3.8) is 0 Å². The fourth-order valence-corrected chi connectivity index (χ4v) is 5.88. The molecule has 3 aromatic rings. The third kappa shape index (κ3) is 5.99. The predicted molar refractivity (Wildman–Crippen MR) is 155 cm³/mol. The third-order valence-corrected chi connectivity index (χ3v) is 8.11. The second-order valence-electron chi connectivity index (χ2n) is 12.1. The van der Waals surface area contributed by atoms with Gasteiger partial charge in [0.1, 0.15) is 6.04 Å². The molecule has 1 saturated carbocycles. The number of nitrogens with one attached hydrogen (secondary N) is 2. The van der Waals surface area contributed by atoms with Gasteiger partial charge in [0.25, 0.3) is 0 Å². The number of carbonyl (C=O) groups is 2. The molecule has 2 aromatic carbocycles. The average Bonchev–Trinajstić information content (AvgIpc) is 3.37. The molecule has 2 fully saturated rings. The Bertz CT molecular complexity index is 1310. The van der Waals surface area contributed by atoms with E-state index in [9.17, 15) is 14.7 Å². The van der Waals surface area contributed by atoms with Gasteiger partial charge >= 0.3 is 0 Å². The lowest BCUT2D eigenvalue weighted by Crippen LogP contribution is -2.51. The molecular weight excluding hydrogens is 488 g/mol. The van der Waals surface area contributed by atoms with Gasteiger partial charge in [0, 0.05) is 41.6 Å². The Morgan fingerprint density at radius 1 is 1.03 bits per heavy atom. The maximum atomic E-state index is 14.3. The predicted octanol–water partition coefficient (Wildman–Crippen LogP) is 4.78. The number of hydrogen-bond donors (Lipinski definition) is 3. The number of hydrogen-bond acceptors (Lipinski definition) is 5. The summed E-state index contributed by atoms with van der Waals surface area (Å²) < 4.78 is 0. The molecule has 0 bridgehead atoms. The van der Waals surface area contributed by atoms with Crippen LogP contribution in [0.3, 0.4) is 0 Å². The summed E-state index contributed by atoms with van der Waals surface area (Å²) in [5.74, 6) is -0.432. The van der Waals surface area contributed by atoms with Crippen molar-refractivity contribution in [1.82, 2.24) is 15.6 Å². The molecule has 0 radical (unpaired) electrons. The van der Waals surface area contributed by atoms with Gasteiger partial charge in [-0.15, -0.1) is 0 Å². The maximum Gasteiger partial charge on any atom is 0.248 e. The van der Waals surface area contributed by atoms with Crippen LogP contribution in [0.25, 0.3) is 10.8 Å². The van der Waals surface area contributed by atoms with Crippen molar-refractivity contribution in [2.24, 2.45) is 0 Å². The zero-order chi connectivity index (χ0) is 27.6. The number of anilines is 1. The van der Waals surface area contributed by atoms with E-state index in [-0.39, 0.29) is 23.3 Å². The van der Waals surface area contributed by atoms with Gasteiger partial charge in [-0.3, -0.25) is 19.5 Å². The molecule has 3 atom stereocenters. The first kappa shape index (κ1) is 27.3. The molecule has 7 heteroatoms. The summed E-state index contributed by atoms with van der Waals surface area (Å²) >= 11 is 0. The molecule has 1 saturated heterocycles. The van der Waals surface area contributed by atoms with Gasteiger partial charge in [0.05, 0.1) is 12.1 Å². The molecule has 1 aliphatic carbocycles. The fraction of sp³-hybridized carbons (Fsp3) is 0.469. The summed E-state index contributed by atoms with van der Waals surface area (Å²) in [6.07, 6.45) is 8.45. The summed E-state index contributed by atoms with van der Waals surface area (Å²) in [5.41, 5.74) is 2.42. The quantitative estimate of drug-likeness (QED) is 0.428. The van der Waals surface area contributed by atoms with Crippen LogP contribution in [0.5, 0.6) is 0 Å². The lowest BCUT2D eigenvalue weighted by Gasteiger charge is -2.35. The van der Waals surface area contributed by atoms with E-state index in [0.717, 1.165) is 42.0 Å². The second-order valence-corrected chi connectivity index (χ2v) is 12.1. The highest BCUT2D eigenvalue weighted by molar-refractivity contribution is 6.05. The molecule has 39 heavy (non-hydrogen) atoms. The lowest BCUT2D eigenvalue weighted by molar-refractivity contribution is -0.128. The monoisotopic (exact) mass is 528 g/mol. The van der Waals surface area contributed by atoms with Gasteiger partial charge in [-0.2, -0.15) is 0 Å². The first-order valence-corrected chi connectivity index (χ1v) is 14.2. The number of pyridine rings is 1. The Balaban J connectivity index is 1.64. The van der Waals surface area contributed by atoms with Gasteiger partial charge in [-0.25, -0.2) is 0 Å². The normalized spacial score (nSPS) is 21.0. The summed E-state index contributed by atoms with van der Waals surface area (Å²) in [6.45, 7) is 6.80. The van der Waals surface area contributed by atoms with Gasteiger partial charge < -0.3 is 15.7 Å². The van der Waals surface area contributed by atoms with Crippen LogP contribution < -0.4 is 15.5 Å². The van der Waals surface area contributed by atoms with Crippen molar-refractivity contribution < 1.29 is 14.7 Å². The molecule has 1 aromatic heterocycles. The van der Waals surface area contributed by atoms with E-state index in [1.165, 1.54) is 6.42 Å². The molecule has 2 heterocycles. The minimum absolute atomic E-state index is 0.0538. The molecule has 1 aliphatic heterocycles. The van der Waals surface area contributed by atoms with E-state index in [1.807, 2.05) is 48.5 Å². The van der Waals surface area contributed by atoms with Crippen LogP contribution in [0.15, 0.2) is 60.9 Å². The Labute approximate surface area is 231 Å². The van der Waals surface area contributed by atoms with Gasteiger partial charge in [-0.1, -0.05) is 76.4 Å². The number of fused-ring (bicyclic) bond motifs is 1. The van der Waals surface area contributed by atoms with Gasteiger partial charge in [0.15, 0.2) is 0 Å². The third-order valence-electron chi connectivity index (χ3n) is 8.11. The zero-order valence-corrected chi connectivity index (χ0v) is 23.2. The molecular formula is C32H40N4O3. The topological polar surface area (TPSA) is 94.6 Å². The van der Waals surface area contributed by atoms with Crippen molar-refractivity contribution in [1.29, 1.82) is 0 Å². The average molecular weight is 529 g/mol. The number of benzene rings is 2. The molecule has 3 N–H and O–H groups in total. The van der Waals surface area contributed by atoms with Crippen molar-refractivity contribution in [2.75, 3.05) is 11.4 Å². The first-order valence-electron chi connectivity index (χ1n) is 14.2. The summed E-state index contributed by atoms with van der Waals surface area (Å²) in [6, 6.07) is 14.4. The fourth-order valence-electron chi connectivity index (χ4n) is 5.88. The molecule has 0 spiro atoms. The van der Waals surface area contributed by atoms with Crippen LogP contribution in [0.1, 0.15) is 76.5 Å². The number of nitrogens with zero attached hydrogens (tertiary/aromatic N) is 2. The minimum atomic E-state index is -0.918. The van der Waals surface area contributed by atoms with Crippen molar-refractivity contribution in [3.05, 3.63) is 72.1 Å². The molecule has 5 rings (SSSR count). The van der Waals surface area contributed by atoms with Crippen molar-refractivity contribution in [2.45, 2.75) is 88.9 Å². The van der Waals surface area contributed by atoms with E-state index >= 15 is 0 Å². The SMILES string of the molecule is CC(C)(C)c1ccc(N(C(=O)C2CC(O)CN2)C(C(=O)NC2CCCCC2)c2cncc3ccccc23)cc1. The van der Waals surface area contributed by atoms with Crippen molar-refractivity contribution in [3.8, 4) is 0 Å². The second kappa shape index (κ2) is 11.4. The van der Waals surface area contributed by atoms with Crippen LogP contribution in [0.2, 0.25) is 0 Å². The largest absolute Gasteiger partial charge is 0.392 e. The Morgan fingerprint density at radius 3 is 2.41 bits per heavy atom. The van der Waals surface area contributed by atoms with Gasteiger partial charge in [0.2, 0.25) is 11.8 Å². The summed E-state index contributed by atoms with van der Waals surface area (Å²) in [5, 5.41) is 18.5. The number of carbonyl (C=O) groups excluding carboxylic acids is 2. The van der Waals surface area contributed by atoms with Crippen molar-refractivity contribution >= 4 is 28.3 Å². The maximum absolute atomic E-state index is 14.3. The van der Waals surface area contributed by atoms with Crippen LogP contribution in [0, 0.1) is 0 Å². The Kier molecular flexibility index (Phi) is 8.01. The Hall–Kier alpha value is -3.29. The number of aliphatic hydroxyl groups is 1. The molecule has 206 valence electrons. The number of β-amino-alcohol motifs (C(OH)–C–C–N with tert-alkyl or cyclic N) is 1. The lowest BCUT2D eigenvalue weighted by atomic mass is 9.87. The summed E-state index contributed by atoms with van der Waals surface area (Å²) in [4.78, 5) is 34.7. The van der Waals surface area contributed by atoms with E-state index in [1.54, 1.807) is 17.3 Å². The summed E-state index contributed by atoms with van der Waals surface area (Å²) in [7, 11) is 0.